The third-order valence-electron chi connectivity index (χ3n) is 11.6. The SMILES string of the molecule is CN(C)CCCOc1ccc(CNC(OC(=O)/C=C/C(=O)OC(NCc2ccc(OCCCN(C)C)cc2)(C(=O)NCc2ccc(Cl)cc2)c2ccccc2)(C(=O)NCc2ccc(Cl)cc2)c2ccccc2)cc1. The Morgan fingerprint density at radius 2 is 0.784 bits per heavy atom. The molecule has 0 aliphatic carbocycles. The van der Waals surface area contributed by atoms with E-state index in [1.807, 2.05) is 76.7 Å². The minimum atomic E-state index is -2.13. The number of rotatable bonds is 28. The molecular formula is C58H64Cl2N6O8. The lowest BCUT2D eigenvalue weighted by molar-refractivity contribution is -0.172. The second kappa shape index (κ2) is 28.4. The number of hydrogen-bond donors (Lipinski definition) is 4. The molecule has 0 aliphatic heterocycles. The normalized spacial score (nSPS) is 12.9. The number of nitrogens with one attached hydrogen (secondary N) is 4. The van der Waals surface area contributed by atoms with Crippen LogP contribution in [-0.4, -0.2) is 88.0 Å². The molecule has 0 radical (unpaired) electrons. The predicted octanol–water partition coefficient (Wildman–Crippen LogP) is 8.52. The first-order valence-electron chi connectivity index (χ1n) is 24.3. The molecule has 0 saturated carbocycles. The molecule has 2 amide bonds. The summed E-state index contributed by atoms with van der Waals surface area (Å²) in [5.74, 6) is -2.17. The van der Waals surface area contributed by atoms with Crippen molar-refractivity contribution < 1.29 is 38.1 Å². The molecule has 6 aromatic carbocycles. The van der Waals surface area contributed by atoms with Crippen molar-refractivity contribution >= 4 is 47.0 Å². The first-order chi connectivity index (χ1) is 35.7. The molecule has 74 heavy (non-hydrogen) atoms. The molecule has 6 aromatic rings. The molecule has 0 heterocycles. The molecular weight excluding hydrogens is 980 g/mol. The molecule has 16 heteroatoms. The summed E-state index contributed by atoms with van der Waals surface area (Å²) in [6.07, 6.45) is 3.42. The highest BCUT2D eigenvalue weighted by atomic mass is 35.5. The van der Waals surface area contributed by atoms with Gasteiger partial charge in [-0.2, -0.15) is 0 Å². The Labute approximate surface area is 443 Å². The van der Waals surface area contributed by atoms with E-state index in [-0.39, 0.29) is 26.2 Å². The van der Waals surface area contributed by atoms with Gasteiger partial charge in [-0.05, 0) is 112 Å². The summed E-state index contributed by atoms with van der Waals surface area (Å²) < 4.78 is 24.2. The van der Waals surface area contributed by atoms with Crippen molar-refractivity contribution in [1.29, 1.82) is 0 Å². The minimum absolute atomic E-state index is 0.0616. The monoisotopic (exact) mass is 1040 g/mol. The molecule has 0 bridgehead atoms. The maximum atomic E-state index is 14.7. The molecule has 0 saturated heterocycles. The lowest BCUT2D eigenvalue weighted by atomic mass is 10.00. The molecule has 6 rings (SSSR count). The first-order valence-corrected chi connectivity index (χ1v) is 25.0. The summed E-state index contributed by atoms with van der Waals surface area (Å²) in [7, 11) is 8.03. The summed E-state index contributed by atoms with van der Waals surface area (Å²) in [6.45, 7) is 3.11. The Bertz CT molecular complexity index is 2540. The van der Waals surface area contributed by atoms with Crippen LogP contribution in [0.3, 0.4) is 0 Å². The lowest BCUT2D eigenvalue weighted by Gasteiger charge is -2.33. The van der Waals surface area contributed by atoms with E-state index >= 15 is 0 Å². The molecule has 0 aliphatic rings. The summed E-state index contributed by atoms with van der Waals surface area (Å²) >= 11 is 12.3. The number of hydrogen-bond acceptors (Lipinski definition) is 12. The van der Waals surface area contributed by atoms with Gasteiger partial charge in [0, 0.05) is 72.6 Å². The van der Waals surface area contributed by atoms with E-state index in [0.29, 0.717) is 45.9 Å². The highest BCUT2D eigenvalue weighted by Crippen LogP contribution is 2.28. The van der Waals surface area contributed by atoms with E-state index in [9.17, 15) is 19.2 Å². The Morgan fingerprint density at radius 1 is 0.459 bits per heavy atom. The van der Waals surface area contributed by atoms with Gasteiger partial charge in [-0.15, -0.1) is 0 Å². The summed E-state index contributed by atoms with van der Waals surface area (Å²) in [5, 5.41) is 13.3. The van der Waals surface area contributed by atoms with Crippen LogP contribution in [0.25, 0.3) is 0 Å². The zero-order chi connectivity index (χ0) is 52.8. The van der Waals surface area contributed by atoms with Crippen LogP contribution < -0.4 is 30.7 Å². The zero-order valence-electron chi connectivity index (χ0n) is 42.2. The van der Waals surface area contributed by atoms with Gasteiger partial charge in [-0.25, -0.2) is 9.59 Å². The highest BCUT2D eigenvalue weighted by Gasteiger charge is 2.45. The third-order valence-corrected chi connectivity index (χ3v) is 12.1. The van der Waals surface area contributed by atoms with Gasteiger partial charge in [0.15, 0.2) is 0 Å². The maximum absolute atomic E-state index is 14.7. The Kier molecular flexibility index (Phi) is 21.6. The minimum Gasteiger partial charge on any atom is -0.494 e. The maximum Gasteiger partial charge on any atom is 0.333 e. The standard InChI is InChI=1S/C58H64Cl2N6O8/c1-65(2)35-11-37-71-51-29-21-45(22-30-51)41-63-57(47-13-7-5-8-14-47,55(69)61-39-43-17-25-49(59)26-18-43)73-53(67)33-34-54(68)74-58(48-15-9-6-10-16-48,56(70)62-40-44-19-27-50(60)28-20-44)64-42-46-23-31-52(32-24-46)72-38-12-36-66(3)4/h5-10,13-34,63-64H,11-12,35-42H2,1-4H3,(H,61,69)(H,62,70)/b34-33+. The first kappa shape index (κ1) is 56.3. The number of carbonyl (C=O) groups is 4. The van der Waals surface area contributed by atoms with Crippen LogP contribution in [0.15, 0.2) is 170 Å². The lowest BCUT2D eigenvalue weighted by Crippen LogP contribution is -2.57. The highest BCUT2D eigenvalue weighted by molar-refractivity contribution is 6.30. The number of benzene rings is 6. The molecule has 2 unspecified atom stereocenters. The van der Waals surface area contributed by atoms with E-state index < -0.39 is 35.2 Å². The van der Waals surface area contributed by atoms with Crippen molar-refractivity contribution in [1.82, 2.24) is 31.1 Å². The summed E-state index contributed by atoms with van der Waals surface area (Å²) in [4.78, 5) is 61.9. The Morgan fingerprint density at radius 3 is 1.12 bits per heavy atom. The summed E-state index contributed by atoms with van der Waals surface area (Å²) in [5.41, 5.74) is -0.681. The van der Waals surface area contributed by atoms with Crippen LogP contribution >= 0.6 is 23.2 Å². The van der Waals surface area contributed by atoms with Crippen LogP contribution in [0.2, 0.25) is 10.0 Å². The van der Waals surface area contributed by atoms with Crippen LogP contribution in [0, 0.1) is 0 Å². The van der Waals surface area contributed by atoms with Gasteiger partial charge >= 0.3 is 11.9 Å². The molecule has 4 N–H and O–H groups in total. The number of carbonyl (C=O) groups excluding carboxylic acids is 4. The van der Waals surface area contributed by atoms with Gasteiger partial charge < -0.3 is 39.4 Å². The number of nitrogens with zero attached hydrogens (tertiary/aromatic N) is 2. The van der Waals surface area contributed by atoms with E-state index in [4.69, 9.17) is 42.1 Å². The van der Waals surface area contributed by atoms with Gasteiger partial charge in [0.1, 0.15) is 11.5 Å². The van der Waals surface area contributed by atoms with Crippen LogP contribution in [-0.2, 0) is 66.3 Å². The van der Waals surface area contributed by atoms with Crippen LogP contribution in [0.4, 0.5) is 0 Å². The number of esters is 2. The second-order valence-electron chi connectivity index (χ2n) is 17.9. The molecule has 0 spiro atoms. The van der Waals surface area contributed by atoms with Crippen molar-refractivity contribution in [2.24, 2.45) is 0 Å². The fourth-order valence-corrected chi connectivity index (χ4v) is 7.83. The van der Waals surface area contributed by atoms with E-state index in [0.717, 1.165) is 60.3 Å². The van der Waals surface area contributed by atoms with Crippen molar-refractivity contribution in [3.8, 4) is 11.5 Å². The molecule has 388 valence electrons. The quantitative estimate of drug-likeness (QED) is 0.0161. The van der Waals surface area contributed by atoms with Crippen LogP contribution in [0.5, 0.6) is 11.5 Å². The third kappa shape index (κ3) is 17.3. The largest absolute Gasteiger partial charge is 0.494 e. The number of halogens is 2. The predicted molar refractivity (Wildman–Crippen MR) is 288 cm³/mol. The van der Waals surface area contributed by atoms with E-state index in [2.05, 4.69) is 31.1 Å². The van der Waals surface area contributed by atoms with Crippen molar-refractivity contribution in [2.45, 2.75) is 50.5 Å². The van der Waals surface area contributed by atoms with E-state index in [1.165, 1.54) is 0 Å². The van der Waals surface area contributed by atoms with Crippen molar-refractivity contribution in [2.75, 3.05) is 54.5 Å². The van der Waals surface area contributed by atoms with Gasteiger partial charge in [0.25, 0.3) is 23.3 Å². The van der Waals surface area contributed by atoms with Crippen LogP contribution in [0.1, 0.15) is 46.2 Å². The fraction of sp³-hybridized carbons (Fsp3) is 0.276. The molecule has 14 nitrogen and oxygen atoms in total. The van der Waals surface area contributed by atoms with Crippen molar-refractivity contribution in [3.63, 3.8) is 0 Å². The van der Waals surface area contributed by atoms with E-state index in [1.54, 1.807) is 109 Å². The van der Waals surface area contributed by atoms with Gasteiger partial charge in [0.2, 0.25) is 0 Å². The Hall–Kier alpha value is -7.04. The second-order valence-corrected chi connectivity index (χ2v) is 18.8. The Balaban J connectivity index is 1.27. The zero-order valence-corrected chi connectivity index (χ0v) is 43.7. The number of amides is 2. The fourth-order valence-electron chi connectivity index (χ4n) is 7.58. The van der Waals surface area contributed by atoms with Gasteiger partial charge in [-0.1, -0.05) is 132 Å². The smallest absolute Gasteiger partial charge is 0.333 e. The van der Waals surface area contributed by atoms with Gasteiger partial charge in [-0.3, -0.25) is 20.2 Å². The topological polar surface area (TPSA) is 160 Å². The van der Waals surface area contributed by atoms with Crippen molar-refractivity contribution in [3.05, 3.63) is 213 Å². The summed E-state index contributed by atoms with van der Waals surface area (Å²) in [6, 6.07) is 45.7. The number of ether oxygens (including phenoxy) is 4. The molecule has 2 atom stereocenters. The van der Waals surface area contributed by atoms with Gasteiger partial charge in [0.05, 0.1) is 13.2 Å². The molecule has 0 fully saturated rings. The average Bonchev–Trinajstić information content (AvgIpc) is 3.41. The average molecular weight is 1040 g/mol. The molecule has 0 aromatic heterocycles.